The number of nitrogens with zero attached hydrogens (tertiary/aromatic N) is 3. The van der Waals surface area contributed by atoms with E-state index in [9.17, 15) is 28.1 Å². The molecule has 1 amide bonds. The third-order valence-electron chi connectivity index (χ3n) is 4.97. The second kappa shape index (κ2) is 8.70. The molecule has 0 spiro atoms. The second-order valence-electron chi connectivity index (χ2n) is 7.12. The van der Waals surface area contributed by atoms with Crippen LogP contribution in [-0.4, -0.2) is 48.5 Å². The molecule has 1 saturated heterocycles. The number of hydrogen-bond donors (Lipinski definition) is 1. The maximum absolute atomic E-state index is 12.9. The van der Waals surface area contributed by atoms with Gasteiger partial charge in [-0.15, -0.1) is 0 Å². The summed E-state index contributed by atoms with van der Waals surface area (Å²) in [6.45, 7) is 3.88. The summed E-state index contributed by atoms with van der Waals surface area (Å²) in [5, 5.41) is 13.5. The normalized spacial score (nSPS) is 15.1. The van der Waals surface area contributed by atoms with Crippen LogP contribution in [-0.2, 0) is 11.0 Å². The number of carbonyl (C=O) groups excluding carboxylic acids is 1. The molecule has 1 heterocycles. The molecular formula is C20H21F3N4O3. The first-order chi connectivity index (χ1) is 14.1. The van der Waals surface area contributed by atoms with Crippen molar-refractivity contribution in [1.29, 1.82) is 0 Å². The Morgan fingerprint density at radius 1 is 1.13 bits per heavy atom. The predicted octanol–water partition coefficient (Wildman–Crippen LogP) is 3.68. The summed E-state index contributed by atoms with van der Waals surface area (Å²) in [6.07, 6.45) is -4.38. The van der Waals surface area contributed by atoms with Crippen molar-refractivity contribution >= 4 is 23.0 Å². The van der Waals surface area contributed by atoms with Crippen LogP contribution in [0.15, 0.2) is 42.5 Å². The number of anilines is 2. The molecule has 0 saturated carbocycles. The Balaban J connectivity index is 1.54. The van der Waals surface area contributed by atoms with Gasteiger partial charge in [0.25, 0.3) is 5.69 Å². The van der Waals surface area contributed by atoms with E-state index >= 15 is 0 Å². The van der Waals surface area contributed by atoms with Gasteiger partial charge in [-0.3, -0.25) is 19.8 Å². The molecule has 0 atom stereocenters. The van der Waals surface area contributed by atoms with Crippen molar-refractivity contribution < 1.29 is 22.9 Å². The van der Waals surface area contributed by atoms with Gasteiger partial charge in [-0.05, 0) is 36.8 Å². The average molecular weight is 422 g/mol. The van der Waals surface area contributed by atoms with Crippen molar-refractivity contribution in [3.63, 3.8) is 0 Å². The Morgan fingerprint density at radius 3 is 2.43 bits per heavy atom. The maximum Gasteiger partial charge on any atom is 0.416 e. The quantitative estimate of drug-likeness (QED) is 0.588. The highest BCUT2D eigenvalue weighted by Crippen LogP contribution is 2.31. The second-order valence-corrected chi connectivity index (χ2v) is 7.12. The van der Waals surface area contributed by atoms with Crippen LogP contribution in [0.4, 0.5) is 30.2 Å². The first-order valence-electron chi connectivity index (χ1n) is 9.33. The molecular weight excluding hydrogens is 401 g/mol. The number of carbonyl (C=O) groups is 1. The standard InChI is InChI=1S/C20H21F3N4O3/c1-14-11-17(27(29)30)5-6-18(14)24-19(28)13-25-7-9-26(10-8-25)16-4-2-3-15(12-16)20(21,22)23/h2-6,11-12H,7-10,13H2,1H3,(H,24,28). The Kier molecular flexibility index (Phi) is 6.25. The number of aryl methyl sites for hydroxylation is 1. The summed E-state index contributed by atoms with van der Waals surface area (Å²) < 4.78 is 38.7. The first-order valence-corrected chi connectivity index (χ1v) is 9.33. The van der Waals surface area contributed by atoms with Crippen LogP contribution in [0.25, 0.3) is 0 Å². The Hall–Kier alpha value is -3.14. The number of piperazine rings is 1. The number of nitro benzene ring substituents is 1. The van der Waals surface area contributed by atoms with Gasteiger partial charge >= 0.3 is 6.18 Å². The summed E-state index contributed by atoms with van der Waals surface area (Å²) >= 11 is 0. The first kappa shape index (κ1) is 21.6. The Bertz CT molecular complexity index is 941. The van der Waals surface area contributed by atoms with E-state index in [0.717, 1.165) is 12.1 Å². The van der Waals surface area contributed by atoms with Crippen molar-refractivity contribution in [1.82, 2.24) is 4.90 Å². The molecule has 1 aliphatic heterocycles. The molecule has 10 heteroatoms. The number of amides is 1. The predicted molar refractivity (Wildman–Crippen MR) is 107 cm³/mol. The fraction of sp³-hybridized carbons (Fsp3) is 0.350. The number of nitrogens with one attached hydrogen (secondary N) is 1. The van der Waals surface area contributed by atoms with Gasteiger partial charge in [-0.25, -0.2) is 0 Å². The minimum Gasteiger partial charge on any atom is -0.369 e. The summed E-state index contributed by atoms with van der Waals surface area (Å²) in [5.41, 5.74) is 0.882. The maximum atomic E-state index is 12.9. The van der Waals surface area contributed by atoms with Crippen LogP contribution in [0.5, 0.6) is 0 Å². The summed E-state index contributed by atoms with van der Waals surface area (Å²) in [4.78, 5) is 26.4. The molecule has 2 aromatic carbocycles. The molecule has 0 aromatic heterocycles. The van der Waals surface area contributed by atoms with Gasteiger partial charge in [0.05, 0.1) is 17.0 Å². The van der Waals surface area contributed by atoms with E-state index in [1.165, 1.54) is 24.3 Å². The van der Waals surface area contributed by atoms with Crippen LogP contribution >= 0.6 is 0 Å². The van der Waals surface area contributed by atoms with Crippen LogP contribution in [0.1, 0.15) is 11.1 Å². The van der Waals surface area contributed by atoms with Gasteiger partial charge in [0.15, 0.2) is 0 Å². The molecule has 7 nitrogen and oxygen atoms in total. The van der Waals surface area contributed by atoms with E-state index < -0.39 is 16.7 Å². The fourth-order valence-electron chi connectivity index (χ4n) is 3.34. The van der Waals surface area contributed by atoms with Crippen molar-refractivity contribution in [3.8, 4) is 0 Å². The van der Waals surface area contributed by atoms with Gasteiger partial charge in [0.1, 0.15) is 0 Å². The molecule has 0 radical (unpaired) electrons. The number of alkyl halides is 3. The topological polar surface area (TPSA) is 78.7 Å². The zero-order valence-corrected chi connectivity index (χ0v) is 16.3. The molecule has 0 bridgehead atoms. The van der Waals surface area contributed by atoms with E-state index in [2.05, 4.69) is 5.32 Å². The minimum absolute atomic E-state index is 0.0452. The highest BCUT2D eigenvalue weighted by molar-refractivity contribution is 5.93. The molecule has 1 aliphatic rings. The van der Waals surface area contributed by atoms with Gasteiger partial charge in [-0.1, -0.05) is 6.07 Å². The molecule has 0 aliphatic carbocycles. The molecule has 0 unspecified atom stereocenters. The molecule has 1 N–H and O–H groups in total. The lowest BCUT2D eigenvalue weighted by atomic mass is 10.1. The van der Waals surface area contributed by atoms with Gasteiger partial charge < -0.3 is 10.2 Å². The zero-order chi connectivity index (χ0) is 21.9. The third-order valence-corrected chi connectivity index (χ3v) is 4.97. The van der Waals surface area contributed by atoms with Gasteiger partial charge in [0, 0.05) is 49.7 Å². The van der Waals surface area contributed by atoms with E-state index in [4.69, 9.17) is 0 Å². The monoisotopic (exact) mass is 422 g/mol. The van der Waals surface area contributed by atoms with E-state index in [-0.39, 0.29) is 18.1 Å². The molecule has 1 fully saturated rings. The van der Waals surface area contributed by atoms with E-state index in [0.29, 0.717) is 43.1 Å². The number of hydrogen-bond acceptors (Lipinski definition) is 5. The average Bonchev–Trinajstić information content (AvgIpc) is 2.69. The molecule has 30 heavy (non-hydrogen) atoms. The smallest absolute Gasteiger partial charge is 0.369 e. The third kappa shape index (κ3) is 5.26. The van der Waals surface area contributed by atoms with E-state index in [1.54, 1.807) is 13.0 Å². The highest BCUT2D eigenvalue weighted by Gasteiger charge is 2.31. The Labute approximate surface area is 171 Å². The van der Waals surface area contributed by atoms with Crippen LogP contribution < -0.4 is 10.2 Å². The molecule has 160 valence electrons. The number of benzene rings is 2. The molecule has 3 rings (SSSR count). The van der Waals surface area contributed by atoms with Crippen molar-refractivity contribution in [2.24, 2.45) is 0 Å². The lowest BCUT2D eigenvalue weighted by molar-refractivity contribution is -0.384. The highest BCUT2D eigenvalue weighted by atomic mass is 19.4. The molecule has 2 aromatic rings. The van der Waals surface area contributed by atoms with Crippen LogP contribution in [0.3, 0.4) is 0 Å². The minimum atomic E-state index is -4.38. The Morgan fingerprint density at radius 2 is 1.83 bits per heavy atom. The fourth-order valence-corrected chi connectivity index (χ4v) is 3.34. The lowest BCUT2D eigenvalue weighted by Gasteiger charge is -2.36. The number of non-ortho nitro benzene ring substituents is 1. The van der Waals surface area contributed by atoms with Crippen LogP contribution in [0, 0.1) is 17.0 Å². The van der Waals surface area contributed by atoms with Gasteiger partial charge in [0.2, 0.25) is 5.91 Å². The zero-order valence-electron chi connectivity index (χ0n) is 16.3. The summed E-state index contributed by atoms with van der Waals surface area (Å²) in [6, 6.07) is 9.44. The summed E-state index contributed by atoms with van der Waals surface area (Å²) in [7, 11) is 0. The van der Waals surface area contributed by atoms with Crippen molar-refractivity contribution in [2.45, 2.75) is 13.1 Å². The van der Waals surface area contributed by atoms with Crippen LogP contribution in [0.2, 0.25) is 0 Å². The van der Waals surface area contributed by atoms with Crippen molar-refractivity contribution in [2.75, 3.05) is 42.9 Å². The van der Waals surface area contributed by atoms with Crippen molar-refractivity contribution in [3.05, 3.63) is 63.7 Å². The number of rotatable bonds is 5. The van der Waals surface area contributed by atoms with Gasteiger partial charge in [-0.2, -0.15) is 13.2 Å². The SMILES string of the molecule is Cc1cc([N+](=O)[O-])ccc1NC(=O)CN1CCN(c2cccc(C(F)(F)F)c2)CC1. The largest absolute Gasteiger partial charge is 0.416 e. The number of halogens is 3. The summed E-state index contributed by atoms with van der Waals surface area (Å²) in [5.74, 6) is -0.250. The lowest BCUT2D eigenvalue weighted by Crippen LogP contribution is -2.48. The van der Waals surface area contributed by atoms with E-state index in [1.807, 2.05) is 9.80 Å². The number of nitro groups is 1.